The average molecular weight is 292 g/mol. The van der Waals surface area contributed by atoms with Crippen molar-refractivity contribution in [3.63, 3.8) is 0 Å². The first kappa shape index (κ1) is 13.3. The summed E-state index contributed by atoms with van der Waals surface area (Å²) in [4.78, 5) is 9.06. The maximum atomic E-state index is 13.8. The SMILES string of the molecule is CNc1nc(Cc2c(F)cccc2Cl)nc2c1CCC2. The molecule has 1 aromatic carbocycles. The normalized spacial score (nSPS) is 13.3. The van der Waals surface area contributed by atoms with Gasteiger partial charge >= 0.3 is 0 Å². The van der Waals surface area contributed by atoms with Gasteiger partial charge in [0.2, 0.25) is 0 Å². The summed E-state index contributed by atoms with van der Waals surface area (Å²) in [5, 5.41) is 3.52. The first-order valence-corrected chi connectivity index (χ1v) is 7.06. The molecule has 0 fully saturated rings. The Labute approximate surface area is 122 Å². The van der Waals surface area contributed by atoms with Crippen molar-refractivity contribution in [1.82, 2.24) is 9.97 Å². The Morgan fingerprint density at radius 1 is 1.30 bits per heavy atom. The molecule has 0 bridgehead atoms. The number of hydrogen-bond donors (Lipinski definition) is 1. The minimum atomic E-state index is -0.312. The number of hydrogen-bond acceptors (Lipinski definition) is 3. The second-order valence-corrected chi connectivity index (χ2v) is 5.30. The maximum absolute atomic E-state index is 13.8. The number of aromatic nitrogens is 2. The van der Waals surface area contributed by atoms with Gasteiger partial charge in [0.05, 0.1) is 0 Å². The number of rotatable bonds is 3. The lowest BCUT2D eigenvalue weighted by atomic mass is 10.1. The highest BCUT2D eigenvalue weighted by Gasteiger charge is 2.19. The molecule has 2 aromatic rings. The van der Waals surface area contributed by atoms with Gasteiger partial charge in [-0.3, -0.25) is 0 Å². The van der Waals surface area contributed by atoms with Crippen molar-refractivity contribution in [3.05, 3.63) is 51.7 Å². The van der Waals surface area contributed by atoms with Crippen LogP contribution in [0.5, 0.6) is 0 Å². The number of nitrogens with zero attached hydrogens (tertiary/aromatic N) is 2. The molecular formula is C15H15ClFN3. The largest absolute Gasteiger partial charge is 0.373 e. The van der Waals surface area contributed by atoms with Crippen LogP contribution >= 0.6 is 11.6 Å². The monoisotopic (exact) mass is 291 g/mol. The van der Waals surface area contributed by atoms with Crippen molar-refractivity contribution in [3.8, 4) is 0 Å². The second kappa shape index (κ2) is 5.37. The van der Waals surface area contributed by atoms with E-state index in [9.17, 15) is 4.39 Å². The van der Waals surface area contributed by atoms with E-state index in [1.165, 1.54) is 11.6 Å². The fraction of sp³-hybridized carbons (Fsp3) is 0.333. The molecule has 20 heavy (non-hydrogen) atoms. The molecule has 0 saturated heterocycles. The van der Waals surface area contributed by atoms with Crippen LogP contribution in [0.1, 0.15) is 29.1 Å². The first-order chi connectivity index (χ1) is 9.69. The lowest BCUT2D eigenvalue weighted by Gasteiger charge is -2.10. The van der Waals surface area contributed by atoms with Crippen LogP contribution in [0.3, 0.4) is 0 Å². The van der Waals surface area contributed by atoms with Gasteiger partial charge in [0.15, 0.2) is 0 Å². The molecular weight excluding hydrogens is 277 g/mol. The average Bonchev–Trinajstić information content (AvgIpc) is 2.90. The minimum absolute atomic E-state index is 0.312. The Balaban J connectivity index is 1.99. The quantitative estimate of drug-likeness (QED) is 0.942. The third kappa shape index (κ3) is 2.36. The number of halogens is 2. The molecule has 1 aliphatic rings. The van der Waals surface area contributed by atoms with E-state index in [1.807, 2.05) is 7.05 Å². The van der Waals surface area contributed by atoms with Crippen molar-refractivity contribution >= 4 is 17.4 Å². The van der Waals surface area contributed by atoms with E-state index in [-0.39, 0.29) is 5.82 Å². The van der Waals surface area contributed by atoms with Crippen molar-refractivity contribution < 1.29 is 4.39 Å². The highest BCUT2D eigenvalue weighted by Crippen LogP contribution is 2.27. The summed E-state index contributed by atoms with van der Waals surface area (Å²) in [7, 11) is 1.85. The van der Waals surface area contributed by atoms with Gasteiger partial charge in [0.25, 0.3) is 0 Å². The molecule has 3 nitrogen and oxygen atoms in total. The number of aryl methyl sites for hydroxylation is 1. The summed E-state index contributed by atoms with van der Waals surface area (Å²) in [5.41, 5.74) is 2.72. The lowest BCUT2D eigenvalue weighted by molar-refractivity contribution is 0.612. The summed E-state index contributed by atoms with van der Waals surface area (Å²) in [6.45, 7) is 0. The zero-order valence-corrected chi connectivity index (χ0v) is 12.0. The highest BCUT2D eigenvalue weighted by molar-refractivity contribution is 6.31. The van der Waals surface area contributed by atoms with E-state index in [0.717, 1.165) is 30.8 Å². The zero-order valence-electron chi connectivity index (χ0n) is 11.2. The van der Waals surface area contributed by atoms with Gasteiger partial charge in [-0.25, -0.2) is 14.4 Å². The van der Waals surface area contributed by atoms with Crippen LogP contribution in [0.25, 0.3) is 0 Å². The van der Waals surface area contributed by atoms with Crippen LogP contribution in [0, 0.1) is 5.82 Å². The smallest absolute Gasteiger partial charge is 0.135 e. The Morgan fingerprint density at radius 2 is 2.15 bits per heavy atom. The van der Waals surface area contributed by atoms with E-state index in [1.54, 1.807) is 12.1 Å². The van der Waals surface area contributed by atoms with E-state index in [0.29, 0.717) is 22.8 Å². The summed E-state index contributed by atoms with van der Waals surface area (Å²) in [6, 6.07) is 4.70. The highest BCUT2D eigenvalue weighted by atomic mass is 35.5. The Hall–Kier alpha value is -1.68. The Kier molecular flexibility index (Phi) is 3.57. The van der Waals surface area contributed by atoms with Crippen LogP contribution in [0.2, 0.25) is 5.02 Å². The van der Waals surface area contributed by atoms with E-state index in [2.05, 4.69) is 15.3 Å². The molecule has 0 aliphatic heterocycles. The lowest BCUT2D eigenvalue weighted by Crippen LogP contribution is -2.07. The van der Waals surface area contributed by atoms with Gasteiger partial charge in [0.1, 0.15) is 17.5 Å². The molecule has 0 unspecified atom stereocenters. The Morgan fingerprint density at radius 3 is 2.90 bits per heavy atom. The third-order valence-corrected chi connectivity index (χ3v) is 3.97. The van der Waals surface area contributed by atoms with Crippen LogP contribution in [0.15, 0.2) is 18.2 Å². The number of benzene rings is 1. The van der Waals surface area contributed by atoms with Crippen LogP contribution in [-0.2, 0) is 19.3 Å². The van der Waals surface area contributed by atoms with Crippen molar-refractivity contribution in [2.24, 2.45) is 0 Å². The van der Waals surface area contributed by atoms with E-state index in [4.69, 9.17) is 11.6 Å². The van der Waals surface area contributed by atoms with Crippen LogP contribution in [-0.4, -0.2) is 17.0 Å². The summed E-state index contributed by atoms with van der Waals surface area (Å²) < 4.78 is 13.8. The van der Waals surface area contributed by atoms with E-state index < -0.39 is 0 Å². The number of nitrogens with one attached hydrogen (secondary N) is 1. The van der Waals surface area contributed by atoms with Gasteiger partial charge in [-0.2, -0.15) is 0 Å². The van der Waals surface area contributed by atoms with Gasteiger partial charge in [-0.1, -0.05) is 17.7 Å². The molecule has 104 valence electrons. The van der Waals surface area contributed by atoms with Crippen LogP contribution < -0.4 is 5.32 Å². The van der Waals surface area contributed by atoms with Gasteiger partial charge in [0, 0.05) is 35.3 Å². The molecule has 0 amide bonds. The van der Waals surface area contributed by atoms with Gasteiger partial charge in [-0.05, 0) is 31.4 Å². The standard InChI is InChI=1S/C15H15ClFN3/c1-18-15-9-4-2-7-13(9)19-14(20-15)8-10-11(16)5-3-6-12(10)17/h3,5-6H,2,4,7-8H2,1H3,(H,18,19,20). The minimum Gasteiger partial charge on any atom is -0.373 e. The molecule has 0 atom stereocenters. The van der Waals surface area contributed by atoms with Gasteiger partial charge in [-0.15, -0.1) is 0 Å². The third-order valence-electron chi connectivity index (χ3n) is 3.61. The van der Waals surface area contributed by atoms with E-state index >= 15 is 0 Å². The van der Waals surface area contributed by atoms with Gasteiger partial charge < -0.3 is 5.32 Å². The summed E-state index contributed by atoms with van der Waals surface area (Å²) in [6.07, 6.45) is 3.38. The van der Waals surface area contributed by atoms with Crippen molar-refractivity contribution in [2.45, 2.75) is 25.7 Å². The van der Waals surface area contributed by atoms with Crippen molar-refractivity contribution in [2.75, 3.05) is 12.4 Å². The predicted molar refractivity (Wildman–Crippen MR) is 77.8 cm³/mol. The molecule has 3 rings (SSSR count). The molecule has 1 aliphatic carbocycles. The number of fused-ring (bicyclic) bond motifs is 1. The van der Waals surface area contributed by atoms with Crippen LogP contribution in [0.4, 0.5) is 10.2 Å². The Bertz CT molecular complexity index is 638. The molecule has 0 saturated carbocycles. The topological polar surface area (TPSA) is 37.8 Å². The molecule has 1 N–H and O–H groups in total. The fourth-order valence-electron chi connectivity index (χ4n) is 2.63. The maximum Gasteiger partial charge on any atom is 0.135 e. The summed E-state index contributed by atoms with van der Waals surface area (Å²) >= 11 is 6.06. The fourth-order valence-corrected chi connectivity index (χ4v) is 2.86. The molecule has 0 radical (unpaired) electrons. The first-order valence-electron chi connectivity index (χ1n) is 6.68. The van der Waals surface area contributed by atoms with Crippen molar-refractivity contribution in [1.29, 1.82) is 0 Å². The predicted octanol–water partition coefficient (Wildman–Crippen LogP) is 3.39. The summed E-state index contributed by atoms with van der Waals surface area (Å²) in [5.74, 6) is 1.16. The zero-order chi connectivity index (χ0) is 14.1. The second-order valence-electron chi connectivity index (χ2n) is 4.89. The molecule has 0 spiro atoms. The number of anilines is 1. The molecule has 5 heteroatoms. The molecule has 1 heterocycles. The molecule has 1 aromatic heterocycles.